The maximum absolute atomic E-state index is 10.2. The maximum Gasteiger partial charge on any atom is 0.0331 e. The van der Waals surface area contributed by atoms with Crippen LogP contribution in [0.4, 0.5) is 0 Å². The lowest BCUT2D eigenvalue weighted by atomic mass is 10.5. The van der Waals surface area contributed by atoms with E-state index in [9.17, 15) is 4.21 Å². The van der Waals surface area contributed by atoms with Crippen molar-refractivity contribution in [1.29, 1.82) is 4.78 Å². The summed E-state index contributed by atoms with van der Waals surface area (Å²) in [6, 6.07) is 0. The van der Waals surface area contributed by atoms with E-state index in [1.807, 2.05) is 19.0 Å². The Morgan fingerprint density at radius 1 is 1.56 bits per heavy atom. The first-order valence-corrected chi connectivity index (χ1v) is 4.38. The molecule has 0 saturated carbocycles. The molecule has 0 aromatic carbocycles. The zero-order valence-electron chi connectivity index (χ0n) is 5.92. The monoisotopic (exact) mass is 150 g/mol. The van der Waals surface area contributed by atoms with Gasteiger partial charge in [-0.1, -0.05) is 0 Å². The molecule has 0 aliphatic rings. The average molecular weight is 150 g/mol. The van der Waals surface area contributed by atoms with Gasteiger partial charge in [0.1, 0.15) is 0 Å². The average Bonchev–Trinajstić information content (AvgIpc) is 1.63. The van der Waals surface area contributed by atoms with Gasteiger partial charge in [-0.2, -0.15) is 0 Å². The molecule has 0 rings (SSSR count). The molecule has 0 saturated heterocycles. The van der Waals surface area contributed by atoms with E-state index in [4.69, 9.17) is 4.78 Å². The topological polar surface area (TPSA) is 44.2 Å². The molecule has 0 bridgehead atoms. The van der Waals surface area contributed by atoms with E-state index in [1.165, 1.54) is 0 Å². The molecule has 0 amide bonds. The van der Waals surface area contributed by atoms with Gasteiger partial charge >= 0.3 is 0 Å². The molecule has 1 atom stereocenters. The second-order valence-corrected chi connectivity index (χ2v) is 3.46. The van der Waals surface area contributed by atoms with Crippen LogP contribution in [-0.2, 0) is 10.6 Å². The molecule has 9 heavy (non-hydrogen) atoms. The van der Waals surface area contributed by atoms with Gasteiger partial charge in [-0.15, -0.1) is 0 Å². The first kappa shape index (κ1) is 8.91. The van der Waals surface area contributed by atoms with E-state index in [0.717, 1.165) is 13.0 Å². The van der Waals surface area contributed by atoms with E-state index in [1.54, 1.807) is 0 Å². The highest BCUT2D eigenvalue weighted by Crippen LogP contribution is 1.82. The second kappa shape index (κ2) is 4.76. The van der Waals surface area contributed by atoms with Gasteiger partial charge in [-0.05, 0) is 27.1 Å². The fourth-order valence-electron chi connectivity index (χ4n) is 0.531. The van der Waals surface area contributed by atoms with Crippen LogP contribution < -0.4 is 0 Å². The SMILES string of the molecule is CN(C)CCC[SH](=N)=O. The molecule has 0 aromatic heterocycles. The molecule has 56 valence electrons. The van der Waals surface area contributed by atoms with Crippen molar-refractivity contribution >= 4 is 10.6 Å². The predicted molar refractivity (Wildman–Crippen MR) is 40.3 cm³/mol. The Morgan fingerprint density at radius 2 is 2.11 bits per heavy atom. The van der Waals surface area contributed by atoms with Crippen LogP contribution in [0.1, 0.15) is 6.42 Å². The fourth-order valence-corrected chi connectivity index (χ4v) is 0.959. The largest absolute Gasteiger partial charge is 0.309 e. The molecule has 1 N–H and O–H groups in total. The molecule has 0 heterocycles. The summed E-state index contributed by atoms with van der Waals surface area (Å²) < 4.78 is 16.9. The predicted octanol–water partition coefficient (Wildman–Crippen LogP) is 0.181. The normalized spacial score (nSPS) is 14.1. The third-order valence-electron chi connectivity index (χ3n) is 0.967. The molecule has 0 radical (unpaired) electrons. The smallest absolute Gasteiger partial charge is 0.0331 e. The van der Waals surface area contributed by atoms with E-state index in [2.05, 4.69) is 0 Å². The molecule has 0 aromatic rings. The molecule has 0 aliphatic heterocycles. The highest BCUT2D eigenvalue weighted by Gasteiger charge is 1.88. The van der Waals surface area contributed by atoms with Crippen LogP contribution in [0.15, 0.2) is 0 Å². The zero-order valence-corrected chi connectivity index (χ0v) is 6.82. The third kappa shape index (κ3) is 7.91. The highest BCUT2D eigenvalue weighted by atomic mass is 32.2. The number of nitrogens with one attached hydrogen (secondary N) is 1. The summed E-state index contributed by atoms with van der Waals surface area (Å²) in [4.78, 5) is 2.03. The first-order valence-electron chi connectivity index (χ1n) is 2.93. The van der Waals surface area contributed by atoms with Crippen LogP contribution in [0.25, 0.3) is 0 Å². The van der Waals surface area contributed by atoms with E-state index in [0.29, 0.717) is 5.75 Å². The molecular formula is C5H14N2OS. The molecule has 4 heteroatoms. The lowest BCUT2D eigenvalue weighted by Crippen LogP contribution is -2.14. The van der Waals surface area contributed by atoms with Gasteiger partial charge in [0.25, 0.3) is 0 Å². The van der Waals surface area contributed by atoms with Crippen molar-refractivity contribution in [3.63, 3.8) is 0 Å². The quantitative estimate of drug-likeness (QED) is 0.562. The van der Waals surface area contributed by atoms with E-state index >= 15 is 0 Å². The van der Waals surface area contributed by atoms with Crippen LogP contribution in [0.3, 0.4) is 0 Å². The fraction of sp³-hybridized carbons (Fsp3) is 1.00. The summed E-state index contributed by atoms with van der Waals surface area (Å²) in [7, 11) is 2.28. The van der Waals surface area contributed by atoms with Crippen molar-refractivity contribution in [3.8, 4) is 0 Å². The van der Waals surface area contributed by atoms with Crippen molar-refractivity contribution < 1.29 is 4.21 Å². The molecule has 0 spiro atoms. The number of thiol groups is 1. The number of rotatable bonds is 4. The lowest BCUT2D eigenvalue weighted by molar-refractivity contribution is 0.409. The minimum atomic E-state index is -1.66. The first-order chi connectivity index (χ1) is 4.13. The van der Waals surface area contributed by atoms with Gasteiger partial charge in [0, 0.05) is 16.3 Å². The van der Waals surface area contributed by atoms with Crippen LogP contribution in [-0.4, -0.2) is 35.5 Å². The summed E-state index contributed by atoms with van der Waals surface area (Å²) in [5.74, 6) is 0.535. The van der Waals surface area contributed by atoms with Crippen molar-refractivity contribution in [2.75, 3.05) is 26.4 Å². The van der Waals surface area contributed by atoms with Crippen molar-refractivity contribution in [3.05, 3.63) is 0 Å². The van der Waals surface area contributed by atoms with Gasteiger partial charge in [-0.25, -0.2) is 0 Å². The summed E-state index contributed by atoms with van der Waals surface area (Å²) >= 11 is 0. The number of hydrogen-bond donors (Lipinski definition) is 2. The Labute approximate surface area is 58.1 Å². The Bertz CT molecular complexity index is 123. The van der Waals surface area contributed by atoms with Crippen molar-refractivity contribution in [2.24, 2.45) is 0 Å². The van der Waals surface area contributed by atoms with Crippen LogP contribution >= 0.6 is 0 Å². The van der Waals surface area contributed by atoms with Crippen molar-refractivity contribution in [1.82, 2.24) is 4.90 Å². The van der Waals surface area contributed by atoms with Crippen LogP contribution in [0.5, 0.6) is 0 Å². The minimum Gasteiger partial charge on any atom is -0.309 e. The minimum absolute atomic E-state index is 0.535. The summed E-state index contributed by atoms with van der Waals surface area (Å²) in [5, 5.41) is 0. The molecular weight excluding hydrogens is 136 g/mol. The zero-order chi connectivity index (χ0) is 7.28. The number of hydrogen-bond acceptors (Lipinski definition) is 3. The number of nitrogens with zero attached hydrogens (tertiary/aromatic N) is 1. The van der Waals surface area contributed by atoms with Gasteiger partial charge in [0.05, 0.1) is 0 Å². The second-order valence-electron chi connectivity index (χ2n) is 2.26. The van der Waals surface area contributed by atoms with Gasteiger partial charge in [-0.3, -0.25) is 8.99 Å². The third-order valence-corrected chi connectivity index (χ3v) is 1.69. The molecule has 0 aliphatic carbocycles. The van der Waals surface area contributed by atoms with E-state index in [-0.39, 0.29) is 0 Å². The maximum atomic E-state index is 10.2. The van der Waals surface area contributed by atoms with Gasteiger partial charge in [0.2, 0.25) is 0 Å². The molecule has 0 fully saturated rings. The van der Waals surface area contributed by atoms with Crippen LogP contribution in [0, 0.1) is 4.78 Å². The Balaban J connectivity index is 3.10. The molecule has 1 unspecified atom stereocenters. The Hall–Kier alpha value is -0.0900. The molecule has 3 nitrogen and oxygen atoms in total. The van der Waals surface area contributed by atoms with Gasteiger partial charge < -0.3 is 4.90 Å². The summed E-state index contributed by atoms with van der Waals surface area (Å²) in [5.41, 5.74) is 0. The van der Waals surface area contributed by atoms with Gasteiger partial charge in [0.15, 0.2) is 0 Å². The summed E-state index contributed by atoms with van der Waals surface area (Å²) in [6.07, 6.45) is 0.867. The Kier molecular flexibility index (Phi) is 4.71. The van der Waals surface area contributed by atoms with Crippen molar-refractivity contribution in [2.45, 2.75) is 6.42 Å². The summed E-state index contributed by atoms with van der Waals surface area (Å²) in [6.45, 7) is 0.931. The Morgan fingerprint density at radius 3 is 2.44 bits per heavy atom. The standard InChI is InChI=1S/C5H14N2OS/c1-7(2)4-3-5-9(6)8/h6,9H,3-5H2,1-2H3. The highest BCUT2D eigenvalue weighted by molar-refractivity contribution is 7.73. The lowest BCUT2D eigenvalue weighted by Gasteiger charge is -2.06. The van der Waals surface area contributed by atoms with Crippen LogP contribution in [0.2, 0.25) is 0 Å². The van der Waals surface area contributed by atoms with E-state index < -0.39 is 10.6 Å².